The average Bonchev–Trinajstić information content (AvgIpc) is 3.30. The van der Waals surface area contributed by atoms with E-state index in [-0.39, 0.29) is 34.8 Å². The topological polar surface area (TPSA) is 51.4 Å². The van der Waals surface area contributed by atoms with Crippen LogP contribution in [0.4, 0.5) is 0 Å². The number of ether oxygens (including phenoxy) is 3. The van der Waals surface area contributed by atoms with Gasteiger partial charge in [-0.05, 0) is 66.2 Å². The second-order valence-corrected chi connectivity index (χ2v) is 8.36. The van der Waals surface area contributed by atoms with Crippen molar-refractivity contribution < 1.29 is 19.0 Å². The van der Waals surface area contributed by atoms with E-state index in [2.05, 4.69) is 34.6 Å². The third-order valence-electron chi connectivity index (χ3n) is 6.05. The molecular weight excluding hydrogens is 280 g/mol. The van der Waals surface area contributed by atoms with Crippen molar-refractivity contribution in [3.8, 4) is 0 Å². The predicted octanol–water partition coefficient (Wildman–Crippen LogP) is 3.61. The van der Waals surface area contributed by atoms with E-state index in [4.69, 9.17) is 14.2 Å². The third kappa shape index (κ3) is 3.18. The van der Waals surface area contributed by atoms with Crippen LogP contribution in [-0.4, -0.2) is 35.0 Å². The Balaban J connectivity index is 1.49. The fourth-order valence-corrected chi connectivity index (χ4v) is 3.66. The quantitative estimate of drug-likeness (QED) is 0.555. The number of epoxide rings is 2. The molecule has 3 rings (SSSR count). The summed E-state index contributed by atoms with van der Waals surface area (Å²) in [6, 6.07) is 0. The monoisotopic (exact) mass is 310 g/mol. The number of esters is 1. The highest BCUT2D eigenvalue weighted by atomic mass is 16.6. The number of hydrogen-bond acceptors (Lipinski definition) is 4. The molecule has 126 valence electrons. The van der Waals surface area contributed by atoms with Crippen LogP contribution in [-0.2, 0) is 19.0 Å². The highest BCUT2D eigenvalue weighted by molar-refractivity contribution is 5.73. The lowest BCUT2D eigenvalue weighted by Crippen LogP contribution is -2.36. The maximum absolute atomic E-state index is 12.5. The van der Waals surface area contributed by atoms with E-state index >= 15 is 0 Å². The SMILES string of the molecule is CCC(C)(CCC1OC1(C)C)OC(=O)C1CCC2(C)OC2C1. The van der Waals surface area contributed by atoms with E-state index in [1.165, 1.54) is 0 Å². The Morgan fingerprint density at radius 3 is 2.55 bits per heavy atom. The summed E-state index contributed by atoms with van der Waals surface area (Å²) in [6.45, 7) is 10.5. The van der Waals surface area contributed by atoms with Gasteiger partial charge in [-0.15, -0.1) is 0 Å². The highest BCUT2D eigenvalue weighted by Gasteiger charge is 2.56. The van der Waals surface area contributed by atoms with Crippen LogP contribution in [0.25, 0.3) is 0 Å². The van der Waals surface area contributed by atoms with E-state index in [1.807, 2.05) is 0 Å². The number of carbonyl (C=O) groups is 1. The van der Waals surface area contributed by atoms with Crippen LogP contribution in [0.5, 0.6) is 0 Å². The number of fused-ring (bicyclic) bond motifs is 1. The standard InChI is InChI=1S/C18H30O4/c1-6-17(4,9-8-13-16(2,3)20-13)22-15(19)12-7-10-18(5)14(11-12)21-18/h12-14H,6-11H2,1-5H3. The number of rotatable bonds is 6. The molecule has 0 amide bonds. The first-order valence-corrected chi connectivity index (χ1v) is 8.76. The summed E-state index contributed by atoms with van der Waals surface area (Å²) in [4.78, 5) is 12.5. The van der Waals surface area contributed by atoms with Crippen molar-refractivity contribution in [1.82, 2.24) is 0 Å². The van der Waals surface area contributed by atoms with E-state index < -0.39 is 0 Å². The second-order valence-electron chi connectivity index (χ2n) is 8.36. The van der Waals surface area contributed by atoms with Gasteiger partial charge in [0.1, 0.15) is 5.60 Å². The average molecular weight is 310 g/mol. The van der Waals surface area contributed by atoms with Gasteiger partial charge in [-0.3, -0.25) is 4.79 Å². The van der Waals surface area contributed by atoms with Gasteiger partial charge in [0.2, 0.25) is 0 Å². The van der Waals surface area contributed by atoms with Crippen molar-refractivity contribution in [3.05, 3.63) is 0 Å². The molecule has 1 aliphatic carbocycles. The van der Waals surface area contributed by atoms with Crippen molar-refractivity contribution in [1.29, 1.82) is 0 Å². The normalized spacial score (nSPS) is 41.2. The van der Waals surface area contributed by atoms with Crippen molar-refractivity contribution in [2.45, 2.75) is 102 Å². The Morgan fingerprint density at radius 2 is 2.00 bits per heavy atom. The minimum absolute atomic E-state index is 0.00972. The summed E-state index contributed by atoms with van der Waals surface area (Å²) in [6.07, 6.45) is 5.95. The van der Waals surface area contributed by atoms with Crippen LogP contribution >= 0.6 is 0 Å². The maximum Gasteiger partial charge on any atom is 0.309 e. The lowest BCUT2D eigenvalue weighted by atomic mass is 9.83. The molecule has 1 saturated carbocycles. The highest BCUT2D eigenvalue weighted by Crippen LogP contribution is 2.49. The van der Waals surface area contributed by atoms with Crippen molar-refractivity contribution in [2.75, 3.05) is 0 Å². The van der Waals surface area contributed by atoms with Crippen LogP contribution in [0.2, 0.25) is 0 Å². The lowest BCUT2D eigenvalue weighted by molar-refractivity contribution is -0.165. The van der Waals surface area contributed by atoms with Gasteiger partial charge in [-0.1, -0.05) is 6.92 Å². The molecule has 0 aromatic carbocycles. The molecule has 2 aliphatic heterocycles. The third-order valence-corrected chi connectivity index (χ3v) is 6.05. The fourth-order valence-electron chi connectivity index (χ4n) is 3.66. The van der Waals surface area contributed by atoms with Gasteiger partial charge in [-0.2, -0.15) is 0 Å². The summed E-state index contributed by atoms with van der Waals surface area (Å²) in [5, 5.41) is 0. The molecule has 5 atom stereocenters. The summed E-state index contributed by atoms with van der Waals surface area (Å²) < 4.78 is 17.2. The molecule has 0 bridgehead atoms. The second kappa shape index (κ2) is 5.20. The molecule has 4 heteroatoms. The van der Waals surface area contributed by atoms with Gasteiger partial charge in [0.15, 0.2) is 0 Å². The molecule has 3 aliphatic rings. The zero-order valence-electron chi connectivity index (χ0n) is 14.6. The smallest absolute Gasteiger partial charge is 0.309 e. The molecule has 0 radical (unpaired) electrons. The minimum Gasteiger partial charge on any atom is -0.459 e. The van der Waals surface area contributed by atoms with Gasteiger partial charge in [0, 0.05) is 0 Å². The zero-order chi connectivity index (χ0) is 16.2. The van der Waals surface area contributed by atoms with Gasteiger partial charge in [-0.25, -0.2) is 0 Å². The molecular formula is C18H30O4. The Kier molecular flexibility index (Phi) is 3.84. The molecule has 22 heavy (non-hydrogen) atoms. The summed E-state index contributed by atoms with van der Waals surface area (Å²) in [7, 11) is 0. The van der Waals surface area contributed by atoms with E-state index in [0.29, 0.717) is 6.10 Å². The molecule has 0 spiro atoms. The number of carbonyl (C=O) groups excluding carboxylic acids is 1. The van der Waals surface area contributed by atoms with Crippen molar-refractivity contribution >= 4 is 5.97 Å². The Hall–Kier alpha value is -0.610. The lowest BCUT2D eigenvalue weighted by Gasteiger charge is -2.31. The first-order chi connectivity index (χ1) is 10.2. The van der Waals surface area contributed by atoms with Gasteiger partial charge >= 0.3 is 5.97 Å². The molecule has 2 saturated heterocycles. The Morgan fingerprint density at radius 1 is 1.32 bits per heavy atom. The molecule has 0 N–H and O–H groups in total. The van der Waals surface area contributed by atoms with Gasteiger partial charge in [0.05, 0.1) is 29.3 Å². The van der Waals surface area contributed by atoms with Gasteiger partial charge < -0.3 is 14.2 Å². The predicted molar refractivity (Wildman–Crippen MR) is 83.6 cm³/mol. The largest absolute Gasteiger partial charge is 0.459 e. The van der Waals surface area contributed by atoms with Crippen LogP contribution in [0.15, 0.2) is 0 Å². The van der Waals surface area contributed by atoms with Crippen LogP contribution in [0, 0.1) is 5.92 Å². The van der Waals surface area contributed by atoms with Crippen LogP contribution < -0.4 is 0 Å². The molecule has 0 aromatic rings. The first-order valence-electron chi connectivity index (χ1n) is 8.76. The molecule has 5 unspecified atom stereocenters. The zero-order valence-corrected chi connectivity index (χ0v) is 14.6. The minimum atomic E-state index is -0.371. The fraction of sp³-hybridized carbons (Fsp3) is 0.944. The van der Waals surface area contributed by atoms with Gasteiger partial charge in [0.25, 0.3) is 0 Å². The van der Waals surface area contributed by atoms with E-state index in [0.717, 1.165) is 38.5 Å². The summed E-state index contributed by atoms with van der Waals surface area (Å²) >= 11 is 0. The number of hydrogen-bond donors (Lipinski definition) is 0. The van der Waals surface area contributed by atoms with Crippen molar-refractivity contribution in [2.24, 2.45) is 5.92 Å². The summed E-state index contributed by atoms with van der Waals surface area (Å²) in [5.41, 5.74) is -0.306. The van der Waals surface area contributed by atoms with E-state index in [9.17, 15) is 4.79 Å². The Labute approximate surface area is 133 Å². The first kappa shape index (κ1) is 16.3. The Bertz CT molecular complexity index is 460. The molecule has 3 fully saturated rings. The molecule has 4 nitrogen and oxygen atoms in total. The molecule has 2 heterocycles. The van der Waals surface area contributed by atoms with Crippen molar-refractivity contribution in [3.63, 3.8) is 0 Å². The molecule has 0 aromatic heterocycles. The van der Waals surface area contributed by atoms with Crippen LogP contribution in [0.3, 0.4) is 0 Å². The van der Waals surface area contributed by atoms with Crippen LogP contribution in [0.1, 0.15) is 73.1 Å². The van der Waals surface area contributed by atoms with E-state index in [1.54, 1.807) is 0 Å². The summed E-state index contributed by atoms with van der Waals surface area (Å²) in [5.74, 6) is -0.0158. The maximum atomic E-state index is 12.5.